The maximum absolute atomic E-state index is 14.3. The van der Waals surface area contributed by atoms with E-state index in [2.05, 4.69) is 25.0 Å². The van der Waals surface area contributed by atoms with E-state index in [1.807, 2.05) is 0 Å². The molecule has 0 saturated heterocycles. The number of halogens is 2. The maximum atomic E-state index is 14.3. The Morgan fingerprint density at radius 2 is 2.07 bits per heavy atom. The van der Waals surface area contributed by atoms with Gasteiger partial charge in [0.1, 0.15) is 5.82 Å². The van der Waals surface area contributed by atoms with Crippen LogP contribution < -0.4 is 11.2 Å². The van der Waals surface area contributed by atoms with Crippen LogP contribution in [0.4, 0.5) is 4.39 Å². The summed E-state index contributed by atoms with van der Waals surface area (Å²) in [7, 11) is 0. The van der Waals surface area contributed by atoms with Gasteiger partial charge in [-0.15, -0.1) is 0 Å². The summed E-state index contributed by atoms with van der Waals surface area (Å²) in [6.07, 6.45) is 6.71. The Hall–Kier alpha value is -3.33. The Morgan fingerprint density at radius 1 is 1.21 bits per heavy atom. The summed E-state index contributed by atoms with van der Waals surface area (Å²) in [5, 5.41) is 4.65. The molecule has 1 saturated carbocycles. The number of nitrogens with zero attached hydrogens (tertiary/aromatic N) is 4. The van der Waals surface area contributed by atoms with E-state index in [0.29, 0.717) is 23.5 Å². The Balaban J connectivity index is 1.61. The minimum atomic E-state index is -0.593. The molecule has 1 aliphatic rings. The molecule has 28 heavy (non-hydrogen) atoms. The van der Waals surface area contributed by atoms with Crippen molar-refractivity contribution in [2.45, 2.75) is 18.3 Å². The fourth-order valence-corrected chi connectivity index (χ4v) is 3.63. The molecule has 0 aliphatic heterocycles. The number of aromatic nitrogens is 6. The van der Waals surface area contributed by atoms with Gasteiger partial charge in [-0.05, 0) is 24.5 Å². The maximum Gasteiger partial charge on any atom is 0.325 e. The summed E-state index contributed by atoms with van der Waals surface area (Å²) in [6, 6.07) is 3.01. The predicted molar refractivity (Wildman–Crippen MR) is 99.0 cm³/mol. The molecule has 4 aromatic rings. The van der Waals surface area contributed by atoms with E-state index in [1.165, 1.54) is 18.5 Å². The highest BCUT2D eigenvalue weighted by molar-refractivity contribution is 6.30. The molecule has 2 atom stereocenters. The van der Waals surface area contributed by atoms with Crippen LogP contribution in [0, 0.1) is 5.82 Å². The van der Waals surface area contributed by atoms with Crippen molar-refractivity contribution in [1.29, 1.82) is 0 Å². The number of H-pyrrole nitrogens is 2. The lowest BCUT2D eigenvalue weighted by molar-refractivity contribution is 0.598. The average Bonchev–Trinajstić information content (AvgIpc) is 3.28. The van der Waals surface area contributed by atoms with Crippen LogP contribution in [0.3, 0.4) is 0 Å². The Morgan fingerprint density at radius 3 is 2.86 bits per heavy atom. The van der Waals surface area contributed by atoms with Gasteiger partial charge in [0.05, 0.1) is 22.0 Å². The molecule has 1 unspecified atom stereocenters. The summed E-state index contributed by atoms with van der Waals surface area (Å²) >= 11 is 5.79. The molecule has 10 heteroatoms. The van der Waals surface area contributed by atoms with Gasteiger partial charge in [-0.2, -0.15) is 5.10 Å². The van der Waals surface area contributed by atoms with Gasteiger partial charge in [0.25, 0.3) is 5.56 Å². The first kappa shape index (κ1) is 16.8. The molecule has 4 aromatic heterocycles. The van der Waals surface area contributed by atoms with Crippen LogP contribution in [0.15, 0.2) is 46.5 Å². The first-order chi connectivity index (χ1) is 13.5. The summed E-state index contributed by atoms with van der Waals surface area (Å²) in [4.78, 5) is 36.6. The third-order valence-electron chi connectivity index (χ3n) is 4.86. The van der Waals surface area contributed by atoms with Crippen molar-refractivity contribution in [3.8, 4) is 11.3 Å². The zero-order valence-electron chi connectivity index (χ0n) is 14.2. The Bertz CT molecular complexity index is 1340. The smallest absolute Gasteiger partial charge is 0.313 e. The SMILES string of the molecule is O=c1[nH]cc(-c2cc(C3C[C@@H]3c3ncc(Cl)cc3F)c3nccn3n2)c(=O)[nH]1. The van der Waals surface area contributed by atoms with Crippen LogP contribution in [0.1, 0.15) is 29.5 Å². The van der Waals surface area contributed by atoms with Gasteiger partial charge >= 0.3 is 5.69 Å². The number of pyridine rings is 1. The van der Waals surface area contributed by atoms with Gasteiger partial charge in [-0.1, -0.05) is 11.6 Å². The van der Waals surface area contributed by atoms with Crippen LogP contribution in [0.2, 0.25) is 5.02 Å². The van der Waals surface area contributed by atoms with Crippen molar-refractivity contribution in [3.05, 3.63) is 79.9 Å². The molecule has 0 amide bonds. The highest BCUT2D eigenvalue weighted by Gasteiger charge is 2.44. The van der Waals surface area contributed by atoms with Gasteiger partial charge in [0.2, 0.25) is 0 Å². The van der Waals surface area contributed by atoms with E-state index in [-0.39, 0.29) is 22.4 Å². The molecule has 1 aliphatic carbocycles. The fraction of sp³-hybridized carbons (Fsp3) is 0.167. The molecular weight excluding hydrogens is 387 g/mol. The standard InChI is InChI=1S/C18H12ClFN6O2/c19-8-3-13(20)15(22-6-8)10-4-9(10)11-5-14(25-26-2-1-21-16(11)26)12-7-23-18(28)24-17(12)27/h1-3,5-7,9-10H,4H2,(H2,23,24,27,28)/t9?,10-/m0/s1. The quantitative estimate of drug-likeness (QED) is 0.550. The Labute approximate surface area is 161 Å². The number of fused-ring (bicyclic) bond motifs is 1. The van der Waals surface area contributed by atoms with Crippen LogP contribution in [-0.2, 0) is 0 Å². The number of hydrogen-bond donors (Lipinski definition) is 2. The summed E-state index contributed by atoms with van der Waals surface area (Å²) < 4.78 is 15.8. The van der Waals surface area contributed by atoms with E-state index >= 15 is 0 Å². The lowest BCUT2D eigenvalue weighted by Gasteiger charge is -2.07. The average molecular weight is 399 g/mol. The molecule has 0 spiro atoms. The molecule has 140 valence electrons. The second-order valence-electron chi connectivity index (χ2n) is 6.64. The third kappa shape index (κ3) is 2.71. The second kappa shape index (κ2) is 6.10. The van der Waals surface area contributed by atoms with E-state index in [9.17, 15) is 14.0 Å². The first-order valence-electron chi connectivity index (χ1n) is 8.49. The van der Waals surface area contributed by atoms with Crippen LogP contribution in [0.25, 0.3) is 16.9 Å². The molecule has 0 radical (unpaired) electrons. The topological polar surface area (TPSA) is 109 Å². The van der Waals surface area contributed by atoms with Crippen molar-refractivity contribution < 1.29 is 4.39 Å². The molecule has 0 aromatic carbocycles. The lowest BCUT2D eigenvalue weighted by Crippen LogP contribution is -2.23. The minimum absolute atomic E-state index is 0.0170. The Kier molecular flexibility index (Phi) is 3.66. The van der Waals surface area contributed by atoms with Crippen molar-refractivity contribution in [3.63, 3.8) is 0 Å². The first-order valence-corrected chi connectivity index (χ1v) is 8.86. The van der Waals surface area contributed by atoms with Gasteiger partial charge in [-0.3, -0.25) is 14.8 Å². The van der Waals surface area contributed by atoms with E-state index < -0.39 is 17.1 Å². The number of rotatable bonds is 3. The normalized spacial score (nSPS) is 18.5. The number of aromatic amines is 2. The highest BCUT2D eigenvalue weighted by atomic mass is 35.5. The molecule has 0 bridgehead atoms. The van der Waals surface area contributed by atoms with Gasteiger partial charge in [0, 0.05) is 36.3 Å². The van der Waals surface area contributed by atoms with Crippen molar-refractivity contribution in [2.24, 2.45) is 0 Å². The highest BCUT2D eigenvalue weighted by Crippen LogP contribution is 2.55. The van der Waals surface area contributed by atoms with Gasteiger partial charge in [-0.25, -0.2) is 18.7 Å². The van der Waals surface area contributed by atoms with Crippen molar-refractivity contribution in [1.82, 2.24) is 29.5 Å². The monoisotopic (exact) mass is 398 g/mol. The van der Waals surface area contributed by atoms with Crippen LogP contribution in [-0.4, -0.2) is 29.5 Å². The van der Waals surface area contributed by atoms with Gasteiger partial charge in [0.15, 0.2) is 5.65 Å². The number of hydrogen-bond acceptors (Lipinski definition) is 5. The molecule has 1 fully saturated rings. The molecule has 8 nitrogen and oxygen atoms in total. The summed E-state index contributed by atoms with van der Waals surface area (Å²) in [6.45, 7) is 0. The molecule has 5 rings (SSSR count). The van der Waals surface area contributed by atoms with E-state index in [0.717, 1.165) is 5.56 Å². The van der Waals surface area contributed by atoms with E-state index in [4.69, 9.17) is 11.6 Å². The molecule has 2 N–H and O–H groups in total. The third-order valence-corrected chi connectivity index (χ3v) is 5.07. The van der Waals surface area contributed by atoms with Crippen LogP contribution >= 0.6 is 11.6 Å². The predicted octanol–water partition coefficient (Wildman–Crippen LogP) is 2.23. The fourth-order valence-electron chi connectivity index (χ4n) is 3.48. The molecular formula is C18H12ClFN6O2. The second-order valence-corrected chi connectivity index (χ2v) is 7.07. The number of nitrogens with one attached hydrogen (secondary N) is 2. The van der Waals surface area contributed by atoms with E-state index in [1.54, 1.807) is 23.0 Å². The largest absolute Gasteiger partial charge is 0.325 e. The zero-order chi connectivity index (χ0) is 19.4. The summed E-state index contributed by atoms with van der Waals surface area (Å²) in [5.74, 6) is -0.565. The molecule has 4 heterocycles. The number of imidazole rings is 1. The van der Waals surface area contributed by atoms with Crippen molar-refractivity contribution in [2.75, 3.05) is 0 Å². The van der Waals surface area contributed by atoms with Crippen LogP contribution in [0.5, 0.6) is 0 Å². The van der Waals surface area contributed by atoms with Crippen molar-refractivity contribution >= 4 is 17.2 Å². The lowest BCUT2D eigenvalue weighted by atomic mass is 10.1. The minimum Gasteiger partial charge on any atom is -0.313 e. The summed E-state index contributed by atoms with van der Waals surface area (Å²) in [5.41, 5.74) is 1.30. The zero-order valence-corrected chi connectivity index (χ0v) is 14.9. The van der Waals surface area contributed by atoms with Gasteiger partial charge < -0.3 is 4.98 Å².